The first-order valence-corrected chi connectivity index (χ1v) is 7.07. The van der Waals surface area contributed by atoms with E-state index in [4.69, 9.17) is 10.7 Å². The Morgan fingerprint density at radius 1 is 1.38 bits per heavy atom. The van der Waals surface area contributed by atoms with E-state index in [1.54, 1.807) is 0 Å². The van der Waals surface area contributed by atoms with Gasteiger partial charge in [-0.15, -0.1) is 10.2 Å². The van der Waals surface area contributed by atoms with Crippen molar-refractivity contribution in [2.24, 2.45) is 0 Å². The van der Waals surface area contributed by atoms with Gasteiger partial charge in [-0.1, -0.05) is 0 Å². The summed E-state index contributed by atoms with van der Waals surface area (Å²) < 4.78 is 24.1. The van der Waals surface area contributed by atoms with E-state index in [-0.39, 0.29) is 11.2 Å². The minimum atomic E-state index is -3.85. The van der Waals surface area contributed by atoms with Crippen molar-refractivity contribution in [2.45, 2.75) is 31.6 Å². The molecular formula is C8H15ClN4O2S. The molecule has 0 aliphatic heterocycles. The summed E-state index contributed by atoms with van der Waals surface area (Å²) in [7, 11) is 5.18. The van der Waals surface area contributed by atoms with Gasteiger partial charge in [0.15, 0.2) is 0 Å². The monoisotopic (exact) mass is 266 g/mol. The summed E-state index contributed by atoms with van der Waals surface area (Å²) in [6.07, 6.45) is 0. The van der Waals surface area contributed by atoms with Crippen molar-refractivity contribution in [1.29, 1.82) is 0 Å². The SMILES string of the molecule is CC(C)n1c(CN(C)C)nnc1S(=O)(=O)Cl. The third-order valence-corrected chi connectivity index (χ3v) is 3.06. The van der Waals surface area contributed by atoms with Crippen LogP contribution in [0.15, 0.2) is 5.16 Å². The van der Waals surface area contributed by atoms with Crippen LogP contribution in [-0.4, -0.2) is 42.2 Å². The molecule has 0 spiro atoms. The zero-order chi connectivity index (χ0) is 12.5. The predicted octanol–water partition coefficient (Wildman–Crippen LogP) is 0.848. The Labute approximate surface area is 99.6 Å². The van der Waals surface area contributed by atoms with Gasteiger partial charge in [0.1, 0.15) is 5.82 Å². The Balaban J connectivity index is 3.28. The van der Waals surface area contributed by atoms with Gasteiger partial charge in [-0.25, -0.2) is 8.42 Å². The first-order valence-electron chi connectivity index (χ1n) is 4.76. The molecule has 0 aromatic carbocycles. The highest BCUT2D eigenvalue weighted by molar-refractivity contribution is 8.13. The summed E-state index contributed by atoms with van der Waals surface area (Å²) in [5, 5.41) is 7.29. The van der Waals surface area contributed by atoms with Gasteiger partial charge in [0.25, 0.3) is 14.2 Å². The van der Waals surface area contributed by atoms with Gasteiger partial charge in [0, 0.05) is 16.7 Å². The molecular weight excluding hydrogens is 252 g/mol. The van der Waals surface area contributed by atoms with Crippen LogP contribution in [0.3, 0.4) is 0 Å². The Morgan fingerprint density at radius 2 is 1.94 bits per heavy atom. The van der Waals surface area contributed by atoms with Gasteiger partial charge in [-0.2, -0.15) is 0 Å². The summed E-state index contributed by atoms with van der Waals surface area (Å²) in [6, 6.07) is -0.0616. The average molecular weight is 267 g/mol. The van der Waals surface area contributed by atoms with Crippen LogP contribution in [0.5, 0.6) is 0 Å². The zero-order valence-electron chi connectivity index (χ0n) is 9.68. The van der Waals surface area contributed by atoms with Gasteiger partial charge < -0.3 is 4.90 Å². The maximum Gasteiger partial charge on any atom is 0.296 e. The van der Waals surface area contributed by atoms with Gasteiger partial charge in [0.2, 0.25) is 0 Å². The molecule has 0 bridgehead atoms. The van der Waals surface area contributed by atoms with E-state index in [2.05, 4.69) is 10.2 Å². The van der Waals surface area contributed by atoms with Crippen LogP contribution in [0.2, 0.25) is 0 Å². The average Bonchev–Trinajstić information content (AvgIpc) is 2.45. The molecule has 8 heteroatoms. The zero-order valence-corrected chi connectivity index (χ0v) is 11.2. The predicted molar refractivity (Wildman–Crippen MR) is 60.8 cm³/mol. The number of aromatic nitrogens is 3. The molecule has 0 saturated carbocycles. The fourth-order valence-corrected chi connectivity index (χ4v) is 2.39. The molecule has 0 atom stereocenters. The fraction of sp³-hybridized carbons (Fsp3) is 0.750. The van der Waals surface area contributed by atoms with Crippen LogP contribution < -0.4 is 0 Å². The first kappa shape index (κ1) is 13.4. The molecule has 0 unspecified atom stereocenters. The van der Waals surface area contributed by atoms with Crippen LogP contribution in [0, 0.1) is 0 Å². The maximum atomic E-state index is 11.3. The third kappa shape index (κ3) is 2.93. The van der Waals surface area contributed by atoms with Crippen LogP contribution >= 0.6 is 10.7 Å². The number of rotatable bonds is 4. The van der Waals surface area contributed by atoms with E-state index in [0.717, 1.165) is 0 Å². The highest BCUT2D eigenvalue weighted by Gasteiger charge is 2.24. The van der Waals surface area contributed by atoms with E-state index < -0.39 is 9.05 Å². The lowest BCUT2D eigenvalue weighted by atomic mass is 10.4. The summed E-state index contributed by atoms with van der Waals surface area (Å²) in [4.78, 5) is 1.88. The molecule has 92 valence electrons. The lowest BCUT2D eigenvalue weighted by Gasteiger charge is -2.14. The van der Waals surface area contributed by atoms with Crippen LogP contribution in [0.25, 0.3) is 0 Å². The molecule has 6 nitrogen and oxygen atoms in total. The van der Waals surface area contributed by atoms with Crippen molar-refractivity contribution >= 4 is 19.7 Å². The van der Waals surface area contributed by atoms with Gasteiger partial charge in [-0.05, 0) is 27.9 Å². The van der Waals surface area contributed by atoms with Gasteiger partial charge in [-0.3, -0.25) is 4.57 Å². The van der Waals surface area contributed by atoms with Crippen molar-refractivity contribution < 1.29 is 8.42 Å². The highest BCUT2D eigenvalue weighted by Crippen LogP contribution is 2.19. The molecule has 1 aromatic rings. The minimum absolute atomic E-state index is 0.0616. The second kappa shape index (κ2) is 4.68. The molecule has 0 saturated heterocycles. The lowest BCUT2D eigenvalue weighted by molar-refractivity contribution is 0.369. The van der Waals surface area contributed by atoms with Crippen LogP contribution in [-0.2, 0) is 15.6 Å². The lowest BCUT2D eigenvalue weighted by Crippen LogP contribution is -2.18. The minimum Gasteiger partial charge on any atom is -0.302 e. The van der Waals surface area contributed by atoms with Crippen molar-refractivity contribution in [3.63, 3.8) is 0 Å². The molecule has 16 heavy (non-hydrogen) atoms. The molecule has 1 rings (SSSR count). The van der Waals surface area contributed by atoms with E-state index in [1.165, 1.54) is 4.57 Å². The van der Waals surface area contributed by atoms with Crippen molar-refractivity contribution in [3.05, 3.63) is 5.82 Å². The number of hydrogen-bond acceptors (Lipinski definition) is 5. The maximum absolute atomic E-state index is 11.3. The van der Waals surface area contributed by atoms with E-state index in [0.29, 0.717) is 12.4 Å². The molecule has 0 aliphatic rings. The molecule has 1 aromatic heterocycles. The molecule has 1 heterocycles. The normalized spacial score (nSPS) is 12.7. The summed E-state index contributed by atoms with van der Waals surface area (Å²) in [5.41, 5.74) is 0. The molecule has 0 radical (unpaired) electrons. The Kier molecular flexibility index (Phi) is 3.92. The number of halogens is 1. The Morgan fingerprint density at radius 3 is 2.31 bits per heavy atom. The molecule has 0 fully saturated rings. The quantitative estimate of drug-likeness (QED) is 0.756. The van der Waals surface area contributed by atoms with Gasteiger partial charge in [0.05, 0.1) is 6.54 Å². The number of hydrogen-bond donors (Lipinski definition) is 0. The smallest absolute Gasteiger partial charge is 0.296 e. The second-order valence-corrected chi connectivity index (χ2v) is 6.50. The topological polar surface area (TPSA) is 68.1 Å². The Bertz CT molecular complexity index is 466. The van der Waals surface area contributed by atoms with E-state index >= 15 is 0 Å². The second-order valence-electron chi connectivity index (χ2n) is 4.04. The van der Waals surface area contributed by atoms with E-state index in [9.17, 15) is 8.42 Å². The molecule has 0 aliphatic carbocycles. The Hall–Kier alpha value is -0.660. The molecule has 0 N–H and O–H groups in total. The van der Waals surface area contributed by atoms with Gasteiger partial charge >= 0.3 is 0 Å². The van der Waals surface area contributed by atoms with E-state index in [1.807, 2.05) is 32.8 Å². The third-order valence-electron chi connectivity index (χ3n) is 1.93. The summed E-state index contributed by atoms with van der Waals surface area (Å²) in [5.74, 6) is 0.583. The molecule has 0 amide bonds. The first-order chi connectivity index (χ1) is 7.23. The number of nitrogens with zero attached hydrogens (tertiary/aromatic N) is 4. The standard InChI is InChI=1S/C8H15ClN4O2S/c1-6(2)13-7(5-12(3)4)10-11-8(13)16(9,14)15/h6H,5H2,1-4H3. The van der Waals surface area contributed by atoms with Crippen molar-refractivity contribution in [1.82, 2.24) is 19.7 Å². The largest absolute Gasteiger partial charge is 0.302 e. The van der Waals surface area contributed by atoms with Crippen LogP contribution in [0.4, 0.5) is 0 Å². The van der Waals surface area contributed by atoms with Crippen LogP contribution in [0.1, 0.15) is 25.7 Å². The highest BCUT2D eigenvalue weighted by atomic mass is 35.7. The van der Waals surface area contributed by atoms with Crippen molar-refractivity contribution in [3.8, 4) is 0 Å². The summed E-state index contributed by atoms with van der Waals surface area (Å²) >= 11 is 0. The fourth-order valence-electron chi connectivity index (χ4n) is 1.38. The summed E-state index contributed by atoms with van der Waals surface area (Å²) in [6.45, 7) is 4.22. The van der Waals surface area contributed by atoms with Crippen molar-refractivity contribution in [2.75, 3.05) is 14.1 Å².